The zero-order valence-electron chi connectivity index (χ0n) is 25.3. The van der Waals surface area contributed by atoms with E-state index in [1.54, 1.807) is 0 Å². The Morgan fingerprint density at radius 1 is 0.467 bits per heavy atom. The molecule has 0 amide bonds. The van der Waals surface area contributed by atoms with Crippen molar-refractivity contribution < 1.29 is 4.42 Å². The van der Waals surface area contributed by atoms with E-state index in [1.165, 1.54) is 49.5 Å². The molecule has 7 aromatic carbocycles. The predicted octanol–water partition coefficient (Wildman–Crippen LogP) is 12.2. The average molecular weight is 578 g/mol. The first kappa shape index (κ1) is 25.9. The Morgan fingerprint density at radius 2 is 1.16 bits per heavy atom. The lowest BCUT2D eigenvalue weighted by Crippen LogP contribution is -2.15. The van der Waals surface area contributed by atoms with Crippen molar-refractivity contribution in [3.63, 3.8) is 0 Å². The average Bonchev–Trinajstić information content (AvgIpc) is 3.58. The zero-order chi connectivity index (χ0) is 30.1. The van der Waals surface area contributed by atoms with Crippen LogP contribution in [-0.4, -0.2) is 0 Å². The SMILES string of the molecule is CC1(C)c2ccccc2-c2cc(N(c3ccccc3)c3ccc(-c4ccc5c(ccc6oc7ccccc7c65)c4)cc3)ccc21. The largest absolute Gasteiger partial charge is 0.456 e. The lowest BCUT2D eigenvalue weighted by molar-refractivity contribution is 0.660. The first-order valence-electron chi connectivity index (χ1n) is 15.6. The Hall–Kier alpha value is -5.60. The van der Waals surface area contributed by atoms with Crippen LogP contribution in [0.15, 0.2) is 156 Å². The number of nitrogens with zero attached hydrogens (tertiary/aromatic N) is 1. The Bertz CT molecular complexity index is 2400. The van der Waals surface area contributed by atoms with Crippen molar-refractivity contribution in [3.8, 4) is 22.3 Å². The molecule has 8 aromatic rings. The van der Waals surface area contributed by atoms with Crippen LogP contribution in [0.25, 0.3) is 55.0 Å². The lowest BCUT2D eigenvalue weighted by atomic mass is 9.82. The molecule has 1 aliphatic rings. The maximum Gasteiger partial charge on any atom is 0.136 e. The number of hydrogen-bond acceptors (Lipinski definition) is 2. The molecule has 9 rings (SSSR count). The third-order valence-corrected chi connectivity index (χ3v) is 9.66. The molecule has 1 aliphatic carbocycles. The summed E-state index contributed by atoms with van der Waals surface area (Å²) in [6.45, 7) is 4.66. The molecule has 0 atom stereocenters. The van der Waals surface area contributed by atoms with Gasteiger partial charge in [0.25, 0.3) is 0 Å². The molecular weight excluding hydrogens is 546 g/mol. The lowest BCUT2D eigenvalue weighted by Gasteiger charge is -2.27. The number of rotatable bonds is 4. The van der Waals surface area contributed by atoms with Gasteiger partial charge in [0.15, 0.2) is 0 Å². The summed E-state index contributed by atoms with van der Waals surface area (Å²) >= 11 is 0. The number of para-hydroxylation sites is 2. The van der Waals surface area contributed by atoms with Crippen LogP contribution >= 0.6 is 0 Å². The third-order valence-electron chi connectivity index (χ3n) is 9.66. The van der Waals surface area contributed by atoms with Crippen molar-refractivity contribution >= 4 is 49.8 Å². The molecule has 0 aliphatic heterocycles. The van der Waals surface area contributed by atoms with Crippen LogP contribution < -0.4 is 4.90 Å². The summed E-state index contributed by atoms with van der Waals surface area (Å²) in [5.41, 5.74) is 13.1. The van der Waals surface area contributed by atoms with Crippen molar-refractivity contribution in [3.05, 3.63) is 163 Å². The van der Waals surface area contributed by atoms with Crippen LogP contribution in [0.4, 0.5) is 17.1 Å². The van der Waals surface area contributed by atoms with Gasteiger partial charge in [0.1, 0.15) is 11.2 Å². The van der Waals surface area contributed by atoms with E-state index in [0.717, 1.165) is 33.6 Å². The monoisotopic (exact) mass is 577 g/mol. The van der Waals surface area contributed by atoms with Crippen LogP contribution in [0.5, 0.6) is 0 Å². The summed E-state index contributed by atoms with van der Waals surface area (Å²) in [5, 5.41) is 4.77. The highest BCUT2D eigenvalue weighted by Crippen LogP contribution is 2.50. The molecule has 0 bridgehead atoms. The quantitative estimate of drug-likeness (QED) is 0.207. The summed E-state index contributed by atoms with van der Waals surface area (Å²) in [4.78, 5) is 2.36. The molecule has 0 radical (unpaired) electrons. The summed E-state index contributed by atoms with van der Waals surface area (Å²) < 4.78 is 6.13. The first-order valence-corrected chi connectivity index (χ1v) is 15.6. The van der Waals surface area contributed by atoms with Crippen molar-refractivity contribution in [2.75, 3.05) is 4.90 Å². The van der Waals surface area contributed by atoms with Gasteiger partial charge in [-0.05, 0) is 98.8 Å². The molecule has 0 fully saturated rings. The number of anilines is 3. The minimum Gasteiger partial charge on any atom is -0.456 e. The molecule has 45 heavy (non-hydrogen) atoms. The van der Waals surface area contributed by atoms with Gasteiger partial charge in [0.2, 0.25) is 0 Å². The van der Waals surface area contributed by atoms with E-state index in [-0.39, 0.29) is 5.41 Å². The van der Waals surface area contributed by atoms with Crippen molar-refractivity contribution in [1.82, 2.24) is 0 Å². The van der Waals surface area contributed by atoms with E-state index < -0.39 is 0 Å². The number of fused-ring (bicyclic) bond motifs is 8. The van der Waals surface area contributed by atoms with Crippen LogP contribution in [0, 0.1) is 0 Å². The van der Waals surface area contributed by atoms with Gasteiger partial charge in [-0.3, -0.25) is 0 Å². The molecule has 2 heteroatoms. The predicted molar refractivity (Wildman–Crippen MR) is 189 cm³/mol. The Labute approximate surface area is 262 Å². The maximum atomic E-state index is 6.13. The van der Waals surface area contributed by atoms with E-state index in [2.05, 4.69) is 158 Å². The van der Waals surface area contributed by atoms with Crippen molar-refractivity contribution in [2.24, 2.45) is 0 Å². The van der Waals surface area contributed by atoms with Gasteiger partial charge < -0.3 is 9.32 Å². The summed E-state index contributed by atoms with van der Waals surface area (Å²) in [7, 11) is 0. The van der Waals surface area contributed by atoms with E-state index in [0.29, 0.717) is 0 Å². The van der Waals surface area contributed by atoms with E-state index in [4.69, 9.17) is 4.42 Å². The molecule has 0 saturated carbocycles. The fourth-order valence-corrected chi connectivity index (χ4v) is 7.41. The molecule has 0 N–H and O–H groups in total. The van der Waals surface area contributed by atoms with Gasteiger partial charge in [-0.2, -0.15) is 0 Å². The van der Waals surface area contributed by atoms with Crippen LogP contribution in [0.1, 0.15) is 25.0 Å². The second-order valence-electron chi connectivity index (χ2n) is 12.6. The van der Waals surface area contributed by atoms with Crippen molar-refractivity contribution in [1.29, 1.82) is 0 Å². The fraction of sp³-hybridized carbons (Fsp3) is 0.0698. The topological polar surface area (TPSA) is 16.4 Å². The summed E-state index contributed by atoms with van der Waals surface area (Å²) in [6.07, 6.45) is 0. The van der Waals surface area contributed by atoms with Gasteiger partial charge in [-0.25, -0.2) is 0 Å². The van der Waals surface area contributed by atoms with Gasteiger partial charge in [-0.15, -0.1) is 0 Å². The molecule has 1 aromatic heterocycles. The Balaban J connectivity index is 1.12. The third kappa shape index (κ3) is 3.96. The Kier molecular flexibility index (Phi) is 5.58. The van der Waals surface area contributed by atoms with Crippen LogP contribution in [0.2, 0.25) is 0 Å². The van der Waals surface area contributed by atoms with Gasteiger partial charge >= 0.3 is 0 Å². The highest BCUT2D eigenvalue weighted by molar-refractivity contribution is 6.19. The van der Waals surface area contributed by atoms with Crippen LogP contribution in [0.3, 0.4) is 0 Å². The highest BCUT2D eigenvalue weighted by atomic mass is 16.3. The van der Waals surface area contributed by atoms with Crippen LogP contribution in [-0.2, 0) is 5.41 Å². The molecule has 1 heterocycles. The minimum absolute atomic E-state index is 0.0139. The molecule has 2 nitrogen and oxygen atoms in total. The second kappa shape index (κ2) is 9.70. The first-order chi connectivity index (χ1) is 22.1. The number of furan rings is 1. The molecule has 0 spiro atoms. The number of benzene rings is 7. The minimum atomic E-state index is -0.0139. The molecule has 0 unspecified atom stereocenters. The summed E-state index contributed by atoms with van der Waals surface area (Å²) in [5.74, 6) is 0. The zero-order valence-corrected chi connectivity index (χ0v) is 25.3. The normalized spacial score (nSPS) is 13.3. The van der Waals surface area contributed by atoms with E-state index in [1.807, 2.05) is 12.1 Å². The van der Waals surface area contributed by atoms with Gasteiger partial charge in [-0.1, -0.05) is 111 Å². The standard InChI is InChI=1S/C43H31NO/c1-43(2)38-14-8-6-12-35(38)37-27-33(22-24-39(37)43)44(31-10-4-3-5-11-31)32-20-16-28(17-21-32)29-18-23-34-30(26-29)19-25-41-42(34)36-13-7-9-15-40(36)45-41/h3-27H,1-2H3. The summed E-state index contributed by atoms with van der Waals surface area (Å²) in [6, 6.07) is 54.7. The van der Waals surface area contributed by atoms with Crippen molar-refractivity contribution in [2.45, 2.75) is 19.3 Å². The highest BCUT2D eigenvalue weighted by Gasteiger charge is 2.35. The fourth-order valence-electron chi connectivity index (χ4n) is 7.41. The molecule has 0 saturated heterocycles. The second-order valence-corrected chi connectivity index (χ2v) is 12.6. The smallest absolute Gasteiger partial charge is 0.136 e. The van der Waals surface area contributed by atoms with Gasteiger partial charge in [0, 0.05) is 33.2 Å². The molecular formula is C43H31NO. The van der Waals surface area contributed by atoms with E-state index in [9.17, 15) is 0 Å². The molecule has 214 valence electrons. The Morgan fingerprint density at radius 3 is 2.02 bits per heavy atom. The van der Waals surface area contributed by atoms with Gasteiger partial charge in [0.05, 0.1) is 0 Å². The number of hydrogen-bond donors (Lipinski definition) is 0. The maximum absolute atomic E-state index is 6.13. The van der Waals surface area contributed by atoms with E-state index >= 15 is 0 Å².